The summed E-state index contributed by atoms with van der Waals surface area (Å²) in [5.41, 5.74) is 1.01. The molecule has 0 aromatic heterocycles. The highest BCUT2D eigenvalue weighted by Crippen LogP contribution is 2.26. The molecule has 0 radical (unpaired) electrons. The molecule has 1 atom stereocenters. The van der Waals surface area contributed by atoms with Crippen molar-refractivity contribution in [2.45, 2.75) is 19.4 Å². The number of halogens is 3. The SMILES string of the molecule is CC(NC(=O)CCN1C(=O)c2ccc(Br)cc2C1=O)c1ccc(F)c(F)c1. The van der Waals surface area contributed by atoms with Crippen molar-refractivity contribution in [3.8, 4) is 0 Å². The van der Waals surface area contributed by atoms with Crippen LogP contribution in [0.5, 0.6) is 0 Å². The summed E-state index contributed by atoms with van der Waals surface area (Å²) in [5, 5.41) is 2.64. The van der Waals surface area contributed by atoms with Gasteiger partial charge in [0.1, 0.15) is 0 Å². The number of amides is 3. The van der Waals surface area contributed by atoms with E-state index >= 15 is 0 Å². The van der Waals surface area contributed by atoms with E-state index in [9.17, 15) is 23.2 Å². The first-order valence-corrected chi connectivity index (χ1v) is 8.97. The van der Waals surface area contributed by atoms with Crippen LogP contribution in [0.25, 0.3) is 0 Å². The van der Waals surface area contributed by atoms with Gasteiger partial charge >= 0.3 is 0 Å². The third-order valence-electron chi connectivity index (χ3n) is 4.32. The Hall–Kier alpha value is -2.61. The lowest BCUT2D eigenvalue weighted by molar-refractivity contribution is -0.121. The summed E-state index contributed by atoms with van der Waals surface area (Å²) in [6.07, 6.45) is -0.0966. The first-order valence-electron chi connectivity index (χ1n) is 8.18. The van der Waals surface area contributed by atoms with Gasteiger partial charge in [-0.05, 0) is 42.8 Å². The third-order valence-corrected chi connectivity index (χ3v) is 4.81. The molecule has 0 saturated carbocycles. The van der Waals surface area contributed by atoms with Gasteiger partial charge in [-0.2, -0.15) is 0 Å². The Morgan fingerprint density at radius 3 is 2.48 bits per heavy atom. The van der Waals surface area contributed by atoms with Crippen LogP contribution in [-0.4, -0.2) is 29.2 Å². The van der Waals surface area contributed by atoms with Crippen molar-refractivity contribution in [2.75, 3.05) is 6.54 Å². The lowest BCUT2D eigenvalue weighted by Crippen LogP contribution is -2.35. The molecule has 1 heterocycles. The van der Waals surface area contributed by atoms with E-state index in [1.807, 2.05) is 0 Å². The van der Waals surface area contributed by atoms with Crippen molar-refractivity contribution in [3.05, 3.63) is 69.2 Å². The van der Waals surface area contributed by atoms with Gasteiger partial charge < -0.3 is 5.32 Å². The summed E-state index contributed by atoms with van der Waals surface area (Å²) < 4.78 is 27.0. The van der Waals surface area contributed by atoms with Crippen molar-refractivity contribution < 1.29 is 23.2 Å². The predicted octanol–water partition coefficient (Wildman–Crippen LogP) is 3.59. The normalized spacial score (nSPS) is 14.3. The molecule has 3 rings (SSSR count). The Morgan fingerprint density at radius 2 is 1.78 bits per heavy atom. The molecule has 0 fully saturated rings. The number of imide groups is 1. The average Bonchev–Trinajstić information content (AvgIpc) is 2.85. The third kappa shape index (κ3) is 3.90. The minimum absolute atomic E-state index is 0.0691. The second-order valence-electron chi connectivity index (χ2n) is 6.16. The zero-order valence-electron chi connectivity index (χ0n) is 14.3. The van der Waals surface area contributed by atoms with Crippen LogP contribution in [0, 0.1) is 11.6 Å². The molecule has 1 unspecified atom stereocenters. The maximum Gasteiger partial charge on any atom is 0.261 e. The van der Waals surface area contributed by atoms with Gasteiger partial charge in [0.2, 0.25) is 5.91 Å². The molecule has 5 nitrogen and oxygen atoms in total. The van der Waals surface area contributed by atoms with E-state index in [0.29, 0.717) is 21.2 Å². The van der Waals surface area contributed by atoms with Crippen molar-refractivity contribution in [1.82, 2.24) is 10.2 Å². The molecule has 1 aliphatic rings. The summed E-state index contributed by atoms with van der Waals surface area (Å²) in [6.45, 7) is 1.56. The Balaban J connectivity index is 1.60. The van der Waals surface area contributed by atoms with Crippen LogP contribution in [0.2, 0.25) is 0 Å². The number of hydrogen-bond donors (Lipinski definition) is 1. The van der Waals surface area contributed by atoms with Crippen LogP contribution >= 0.6 is 15.9 Å². The Morgan fingerprint density at radius 1 is 1.07 bits per heavy atom. The van der Waals surface area contributed by atoms with Gasteiger partial charge in [0, 0.05) is 17.4 Å². The number of benzene rings is 2. The molecule has 0 spiro atoms. The molecule has 0 aliphatic carbocycles. The molecule has 3 amide bonds. The molecule has 27 heavy (non-hydrogen) atoms. The number of hydrogen-bond acceptors (Lipinski definition) is 3. The van der Waals surface area contributed by atoms with E-state index in [4.69, 9.17) is 0 Å². The number of carbonyl (C=O) groups is 3. The summed E-state index contributed by atoms with van der Waals surface area (Å²) in [6, 6.07) is 7.64. The molecular formula is C19H15BrF2N2O3. The predicted molar refractivity (Wildman–Crippen MR) is 97.0 cm³/mol. The Kier molecular flexibility index (Phi) is 5.36. The second-order valence-corrected chi connectivity index (χ2v) is 7.08. The summed E-state index contributed by atoms with van der Waals surface area (Å²) in [7, 11) is 0. The van der Waals surface area contributed by atoms with Crippen LogP contribution < -0.4 is 5.32 Å². The fraction of sp³-hybridized carbons (Fsp3) is 0.211. The van der Waals surface area contributed by atoms with Gasteiger partial charge in [0.05, 0.1) is 17.2 Å². The van der Waals surface area contributed by atoms with E-state index in [1.54, 1.807) is 25.1 Å². The van der Waals surface area contributed by atoms with Crippen molar-refractivity contribution >= 4 is 33.7 Å². The first kappa shape index (κ1) is 19.2. The fourth-order valence-corrected chi connectivity index (χ4v) is 3.22. The smallest absolute Gasteiger partial charge is 0.261 e. The number of nitrogens with zero attached hydrogens (tertiary/aromatic N) is 1. The van der Waals surface area contributed by atoms with E-state index in [2.05, 4.69) is 21.2 Å². The molecule has 0 bridgehead atoms. The second kappa shape index (κ2) is 7.56. The van der Waals surface area contributed by atoms with Gasteiger partial charge in [0.25, 0.3) is 11.8 Å². The van der Waals surface area contributed by atoms with Crippen LogP contribution in [0.15, 0.2) is 40.9 Å². The standard InChI is InChI=1S/C19H15BrF2N2O3/c1-10(11-2-5-15(21)16(22)8-11)23-17(25)6-7-24-18(26)13-4-3-12(20)9-14(13)19(24)27/h2-5,8-10H,6-7H2,1H3,(H,23,25). The highest BCUT2D eigenvalue weighted by atomic mass is 79.9. The van der Waals surface area contributed by atoms with E-state index in [-0.39, 0.29) is 13.0 Å². The van der Waals surface area contributed by atoms with Gasteiger partial charge in [-0.15, -0.1) is 0 Å². The average molecular weight is 437 g/mol. The molecule has 0 saturated heterocycles. The molecule has 1 N–H and O–H groups in total. The van der Waals surface area contributed by atoms with Crippen molar-refractivity contribution in [3.63, 3.8) is 0 Å². The minimum Gasteiger partial charge on any atom is -0.350 e. The first-order chi connectivity index (χ1) is 12.8. The number of nitrogens with one attached hydrogen (secondary N) is 1. The molecule has 2 aromatic carbocycles. The fourth-order valence-electron chi connectivity index (χ4n) is 2.86. The topological polar surface area (TPSA) is 66.5 Å². The van der Waals surface area contributed by atoms with Crippen molar-refractivity contribution in [2.24, 2.45) is 0 Å². The molecule has 1 aliphatic heterocycles. The van der Waals surface area contributed by atoms with Gasteiger partial charge in [-0.25, -0.2) is 8.78 Å². The quantitative estimate of drug-likeness (QED) is 0.728. The van der Waals surface area contributed by atoms with Crippen molar-refractivity contribution in [1.29, 1.82) is 0 Å². The maximum atomic E-state index is 13.3. The Labute approximate surface area is 162 Å². The monoisotopic (exact) mass is 436 g/mol. The van der Waals surface area contributed by atoms with E-state index in [1.165, 1.54) is 6.07 Å². The highest BCUT2D eigenvalue weighted by molar-refractivity contribution is 9.10. The van der Waals surface area contributed by atoms with Crippen LogP contribution in [0.3, 0.4) is 0 Å². The molecule has 8 heteroatoms. The minimum atomic E-state index is -0.995. The molecular weight excluding hydrogens is 422 g/mol. The summed E-state index contributed by atoms with van der Waals surface area (Å²) in [5.74, 6) is -3.26. The van der Waals surface area contributed by atoms with Gasteiger partial charge in [-0.3, -0.25) is 19.3 Å². The van der Waals surface area contributed by atoms with Crippen LogP contribution in [0.1, 0.15) is 45.7 Å². The number of carbonyl (C=O) groups excluding carboxylic acids is 3. The largest absolute Gasteiger partial charge is 0.350 e. The lowest BCUT2D eigenvalue weighted by Gasteiger charge is -2.17. The molecule has 140 valence electrons. The highest BCUT2D eigenvalue weighted by Gasteiger charge is 2.35. The van der Waals surface area contributed by atoms with E-state index < -0.39 is 35.4 Å². The molecule has 2 aromatic rings. The van der Waals surface area contributed by atoms with Gasteiger partial charge in [-0.1, -0.05) is 22.0 Å². The number of rotatable bonds is 5. The maximum absolute atomic E-state index is 13.3. The van der Waals surface area contributed by atoms with Crippen LogP contribution in [0.4, 0.5) is 8.78 Å². The zero-order valence-corrected chi connectivity index (χ0v) is 15.8. The van der Waals surface area contributed by atoms with Crippen LogP contribution in [-0.2, 0) is 4.79 Å². The Bertz CT molecular complexity index is 949. The number of fused-ring (bicyclic) bond motifs is 1. The zero-order chi connectivity index (χ0) is 19.7. The van der Waals surface area contributed by atoms with E-state index in [0.717, 1.165) is 17.0 Å². The summed E-state index contributed by atoms with van der Waals surface area (Å²) in [4.78, 5) is 37.9. The summed E-state index contributed by atoms with van der Waals surface area (Å²) >= 11 is 3.26. The lowest BCUT2D eigenvalue weighted by atomic mass is 10.1. The van der Waals surface area contributed by atoms with Gasteiger partial charge in [0.15, 0.2) is 11.6 Å².